The van der Waals surface area contributed by atoms with E-state index in [0.717, 1.165) is 25.9 Å². The van der Waals surface area contributed by atoms with E-state index in [1.807, 2.05) is 6.20 Å². The van der Waals surface area contributed by atoms with Crippen molar-refractivity contribution in [3.05, 3.63) is 40.6 Å². The Morgan fingerprint density at radius 1 is 1.08 bits per heavy atom. The molecule has 0 atom stereocenters. The van der Waals surface area contributed by atoms with Gasteiger partial charge in [-0.05, 0) is 37.9 Å². The summed E-state index contributed by atoms with van der Waals surface area (Å²) in [5.41, 5.74) is 0. The molecular formula is C16H17ClN6OS2. The number of aromatic nitrogens is 4. The molecule has 1 fully saturated rings. The maximum Gasteiger partial charge on any atom is 0.269 e. The van der Waals surface area contributed by atoms with E-state index in [2.05, 4.69) is 30.6 Å². The van der Waals surface area contributed by atoms with Crippen molar-refractivity contribution in [2.75, 3.05) is 18.4 Å². The van der Waals surface area contributed by atoms with Crippen LogP contribution in [0, 0.1) is 0 Å². The number of piperidine rings is 1. The molecule has 3 aromatic rings. The minimum Gasteiger partial charge on any atom is -0.317 e. The van der Waals surface area contributed by atoms with Gasteiger partial charge in [0, 0.05) is 23.5 Å². The summed E-state index contributed by atoms with van der Waals surface area (Å²) in [7, 11) is 0. The average molecular weight is 409 g/mol. The van der Waals surface area contributed by atoms with Gasteiger partial charge >= 0.3 is 0 Å². The number of thiazole rings is 2. The van der Waals surface area contributed by atoms with Gasteiger partial charge in [-0.25, -0.2) is 19.9 Å². The van der Waals surface area contributed by atoms with Crippen molar-refractivity contribution in [2.24, 2.45) is 0 Å². The minimum atomic E-state index is -0.203. The maximum absolute atomic E-state index is 12.4. The summed E-state index contributed by atoms with van der Waals surface area (Å²) >= 11 is 2.82. The number of nitrogens with one attached hydrogen (secondary N) is 2. The van der Waals surface area contributed by atoms with Crippen LogP contribution in [0.15, 0.2) is 30.9 Å². The first-order valence-electron chi connectivity index (χ1n) is 8.00. The Morgan fingerprint density at radius 3 is 2.62 bits per heavy atom. The molecule has 1 saturated heterocycles. The lowest BCUT2D eigenvalue weighted by molar-refractivity contribution is 0.103. The summed E-state index contributed by atoms with van der Waals surface area (Å²) in [6.45, 7) is 2.07. The smallest absolute Gasteiger partial charge is 0.269 e. The van der Waals surface area contributed by atoms with Crippen LogP contribution in [0.25, 0.3) is 10.8 Å². The van der Waals surface area contributed by atoms with Gasteiger partial charge in [0.1, 0.15) is 4.88 Å². The summed E-state index contributed by atoms with van der Waals surface area (Å²) in [4.78, 5) is 31.1. The van der Waals surface area contributed by atoms with Gasteiger partial charge in [-0.15, -0.1) is 35.1 Å². The van der Waals surface area contributed by atoms with Gasteiger partial charge in [0.2, 0.25) is 0 Å². The first kappa shape index (κ1) is 18.8. The molecule has 26 heavy (non-hydrogen) atoms. The van der Waals surface area contributed by atoms with Crippen molar-refractivity contribution in [1.29, 1.82) is 0 Å². The molecule has 1 aliphatic heterocycles. The lowest BCUT2D eigenvalue weighted by Crippen LogP contribution is -2.26. The molecule has 0 unspecified atom stereocenters. The predicted molar refractivity (Wildman–Crippen MR) is 105 cm³/mol. The summed E-state index contributed by atoms with van der Waals surface area (Å²) in [6, 6.07) is 1.74. The van der Waals surface area contributed by atoms with Crippen LogP contribution >= 0.6 is 35.1 Å². The second-order valence-corrected chi connectivity index (χ2v) is 7.74. The largest absolute Gasteiger partial charge is 0.317 e. The zero-order valence-electron chi connectivity index (χ0n) is 13.7. The van der Waals surface area contributed by atoms with E-state index in [-0.39, 0.29) is 18.3 Å². The molecule has 2 N–H and O–H groups in total. The second kappa shape index (κ2) is 8.63. The fraction of sp³-hybridized carbons (Fsp3) is 0.312. The fourth-order valence-electron chi connectivity index (χ4n) is 2.69. The number of carbonyl (C=O) groups is 1. The molecule has 7 nitrogen and oxygen atoms in total. The quantitative estimate of drug-likeness (QED) is 0.688. The predicted octanol–water partition coefficient (Wildman–Crippen LogP) is 3.20. The summed E-state index contributed by atoms with van der Waals surface area (Å²) in [5, 5.41) is 7.48. The van der Waals surface area contributed by atoms with Gasteiger partial charge in [-0.1, -0.05) is 0 Å². The molecule has 0 aliphatic carbocycles. The summed E-state index contributed by atoms with van der Waals surface area (Å²) < 4.78 is 0. The normalized spacial score (nSPS) is 14.6. The van der Waals surface area contributed by atoms with Crippen molar-refractivity contribution < 1.29 is 4.79 Å². The van der Waals surface area contributed by atoms with Crippen LogP contribution < -0.4 is 10.6 Å². The van der Waals surface area contributed by atoms with Crippen LogP contribution in [0.5, 0.6) is 0 Å². The van der Waals surface area contributed by atoms with Crippen molar-refractivity contribution >= 4 is 46.1 Å². The van der Waals surface area contributed by atoms with Gasteiger partial charge in [0.25, 0.3) is 5.91 Å². The number of nitrogens with zero attached hydrogens (tertiary/aromatic N) is 4. The maximum atomic E-state index is 12.4. The number of anilines is 1. The first-order valence-corrected chi connectivity index (χ1v) is 9.64. The Kier molecular flexibility index (Phi) is 6.25. The lowest BCUT2D eigenvalue weighted by atomic mass is 9.97. The van der Waals surface area contributed by atoms with E-state index in [4.69, 9.17) is 0 Å². The van der Waals surface area contributed by atoms with Crippen molar-refractivity contribution in [2.45, 2.75) is 18.8 Å². The number of hydrogen-bond donors (Lipinski definition) is 2. The van der Waals surface area contributed by atoms with Crippen LogP contribution in [0.4, 0.5) is 5.13 Å². The third-order valence-electron chi connectivity index (χ3n) is 3.97. The molecule has 136 valence electrons. The molecule has 0 aromatic carbocycles. The van der Waals surface area contributed by atoms with Gasteiger partial charge in [0.05, 0.1) is 6.20 Å². The first-order chi connectivity index (χ1) is 12.3. The number of halogens is 1. The third kappa shape index (κ3) is 4.24. The number of hydrogen-bond acceptors (Lipinski definition) is 8. The molecule has 1 aliphatic rings. The molecule has 0 saturated carbocycles. The average Bonchev–Trinajstić information content (AvgIpc) is 3.33. The van der Waals surface area contributed by atoms with Gasteiger partial charge in [-0.2, -0.15) is 0 Å². The van der Waals surface area contributed by atoms with Gasteiger partial charge < -0.3 is 5.32 Å². The molecule has 4 rings (SSSR count). The van der Waals surface area contributed by atoms with E-state index in [9.17, 15) is 4.79 Å². The SMILES string of the molecule is Cl.O=C(Nc1ncc(C2CCNCC2)s1)c1cnc(-c2ncccn2)s1. The van der Waals surface area contributed by atoms with E-state index < -0.39 is 0 Å². The highest BCUT2D eigenvalue weighted by Gasteiger charge is 2.19. The van der Waals surface area contributed by atoms with Gasteiger partial charge in [0.15, 0.2) is 16.0 Å². The monoisotopic (exact) mass is 408 g/mol. The summed E-state index contributed by atoms with van der Waals surface area (Å²) in [6.07, 6.45) is 8.97. The Labute approximate surface area is 164 Å². The highest BCUT2D eigenvalue weighted by atomic mass is 35.5. The summed E-state index contributed by atoms with van der Waals surface area (Å²) in [5.74, 6) is 0.856. The topological polar surface area (TPSA) is 92.7 Å². The molecule has 10 heteroatoms. The fourth-order valence-corrected chi connectivity index (χ4v) is 4.43. The Hall–Kier alpha value is -1.94. The van der Waals surface area contributed by atoms with Crippen molar-refractivity contribution in [3.8, 4) is 10.8 Å². The zero-order valence-corrected chi connectivity index (χ0v) is 16.2. The molecule has 1 amide bonds. The molecule has 0 bridgehead atoms. The molecule has 0 spiro atoms. The Bertz CT molecular complexity index is 863. The molecule has 4 heterocycles. The third-order valence-corrected chi connectivity index (χ3v) is 6.04. The molecule has 0 radical (unpaired) electrons. The Balaban J connectivity index is 0.00000196. The van der Waals surface area contributed by atoms with Crippen molar-refractivity contribution in [1.82, 2.24) is 25.3 Å². The lowest BCUT2D eigenvalue weighted by Gasteiger charge is -2.20. The molecular weight excluding hydrogens is 392 g/mol. The van der Waals surface area contributed by atoms with E-state index in [1.165, 1.54) is 16.2 Å². The number of rotatable bonds is 4. The standard InChI is InChI=1S/C16H16N6OS2.ClH/c23-14(12-9-20-15(24-12)13-18-4-1-5-19-13)22-16-21-8-11(25-16)10-2-6-17-7-3-10;/h1,4-5,8-10,17H,2-3,6-7H2,(H,21,22,23);1H. The molecule has 3 aromatic heterocycles. The minimum absolute atomic E-state index is 0. The number of amides is 1. The number of carbonyl (C=O) groups excluding carboxylic acids is 1. The van der Waals surface area contributed by atoms with Crippen LogP contribution in [0.2, 0.25) is 0 Å². The van der Waals surface area contributed by atoms with Crippen LogP contribution in [0.1, 0.15) is 33.3 Å². The highest BCUT2D eigenvalue weighted by Crippen LogP contribution is 2.32. The van der Waals surface area contributed by atoms with Crippen LogP contribution in [-0.2, 0) is 0 Å². The van der Waals surface area contributed by atoms with E-state index >= 15 is 0 Å². The van der Waals surface area contributed by atoms with E-state index in [1.54, 1.807) is 36.0 Å². The van der Waals surface area contributed by atoms with Crippen LogP contribution in [-0.4, -0.2) is 38.9 Å². The second-order valence-electron chi connectivity index (χ2n) is 5.65. The highest BCUT2D eigenvalue weighted by molar-refractivity contribution is 7.17. The Morgan fingerprint density at radius 2 is 1.85 bits per heavy atom. The van der Waals surface area contributed by atoms with E-state index in [0.29, 0.717) is 26.8 Å². The van der Waals surface area contributed by atoms with Crippen molar-refractivity contribution in [3.63, 3.8) is 0 Å². The zero-order chi connectivity index (χ0) is 17.1. The van der Waals surface area contributed by atoms with Gasteiger partial charge in [-0.3, -0.25) is 10.1 Å². The van der Waals surface area contributed by atoms with Crippen LogP contribution in [0.3, 0.4) is 0 Å².